The van der Waals surface area contributed by atoms with Gasteiger partial charge in [0.25, 0.3) is 0 Å². The number of carboxylic acids is 1. The molecule has 4 heterocycles. The minimum atomic E-state index is -1.21. The molecule has 12 heteroatoms. The molecule has 348 valence electrons. The van der Waals surface area contributed by atoms with Crippen molar-refractivity contribution in [3.8, 4) is 16.5 Å². The van der Waals surface area contributed by atoms with Crippen LogP contribution in [0.15, 0.2) is 78.4 Å². The summed E-state index contributed by atoms with van der Waals surface area (Å²) in [5.41, 5.74) is 8.83. The number of carboxylic acid groups (broad SMARTS) is 1. The van der Waals surface area contributed by atoms with E-state index in [-0.39, 0.29) is 5.57 Å². The Morgan fingerprint density at radius 2 is 1.00 bits per heavy atom. The molecule has 7 aromatic rings. The van der Waals surface area contributed by atoms with Gasteiger partial charge in [0.1, 0.15) is 11.6 Å². The average Bonchev–Trinajstić information content (AvgIpc) is 4.04. The zero-order chi connectivity index (χ0) is 46.6. The SMILES string of the molecule is CCCCCCn1c(=S)n(CCCCCC)c2cc(N(c3ccc(-c4cc5sc(/C=C(/C#N)C(=O)O)cc5s4)cc3)c3ccc4c(c3)n(CCCCCC)c(=S)n4CCCCCC)ccc21. The summed E-state index contributed by atoms with van der Waals surface area (Å²) in [5, 5.41) is 18.7. The molecule has 0 fully saturated rings. The summed E-state index contributed by atoms with van der Waals surface area (Å²) in [5.74, 6) is -1.21. The van der Waals surface area contributed by atoms with Crippen LogP contribution < -0.4 is 4.90 Å². The topological polar surface area (TPSA) is 84.1 Å². The number of imidazole rings is 2. The maximum Gasteiger partial charge on any atom is 0.346 e. The molecule has 0 unspecified atom stereocenters. The number of fused-ring (bicyclic) bond motifs is 3. The van der Waals surface area contributed by atoms with E-state index in [0.717, 1.165) is 103 Å². The summed E-state index contributed by atoms with van der Waals surface area (Å²) in [6.07, 6.45) is 20.4. The van der Waals surface area contributed by atoms with Crippen molar-refractivity contribution in [1.82, 2.24) is 18.3 Å². The Morgan fingerprint density at radius 3 is 1.41 bits per heavy atom. The molecule has 8 nitrogen and oxygen atoms in total. The molecule has 0 saturated carbocycles. The fraction of sp³-hybridized carbons (Fsp3) is 0.444. The first kappa shape index (κ1) is 49.1. The molecule has 0 bridgehead atoms. The number of rotatable bonds is 26. The third kappa shape index (κ3) is 11.3. The van der Waals surface area contributed by atoms with Crippen LogP contribution >= 0.6 is 47.1 Å². The standard InChI is InChI=1S/C54H66N6O2S4/c1-5-9-13-17-29-56-45-27-25-42(34-47(45)58(53(56)63)31-19-15-11-7-3)60(41-23-21-39(22-24-41)49-37-51-50(66-49)36-44(65-51)33-40(38-55)52(61)62)43-26-28-46-48(35-43)59(32-20-16-12-8-4)54(64)57(46)30-18-14-10-6-2/h21-28,33-37H,5-20,29-32H2,1-4H3,(H,61,62)/b40-33-. The van der Waals surface area contributed by atoms with Crippen LogP contribution in [0.25, 0.3) is 48.0 Å². The van der Waals surface area contributed by atoms with Gasteiger partial charge in [0, 0.05) is 62.4 Å². The Kier molecular flexibility index (Phi) is 17.7. The second-order valence-corrected chi connectivity index (χ2v) is 20.5. The lowest BCUT2D eigenvalue weighted by atomic mass is 10.1. The molecule has 66 heavy (non-hydrogen) atoms. The third-order valence-electron chi connectivity index (χ3n) is 12.7. The first-order valence-electron chi connectivity index (χ1n) is 24.5. The Morgan fingerprint density at radius 1 is 0.576 bits per heavy atom. The van der Waals surface area contributed by atoms with Crippen molar-refractivity contribution in [2.45, 2.75) is 157 Å². The zero-order valence-corrected chi connectivity index (χ0v) is 42.6. The van der Waals surface area contributed by atoms with E-state index in [1.54, 1.807) is 17.4 Å². The molecular formula is C54H66N6O2S4. The second-order valence-electron chi connectivity index (χ2n) is 17.6. The number of aryl methyl sites for hydroxylation is 4. The van der Waals surface area contributed by atoms with Crippen molar-refractivity contribution in [1.29, 1.82) is 5.26 Å². The first-order chi connectivity index (χ1) is 32.2. The predicted molar refractivity (Wildman–Crippen MR) is 286 cm³/mol. The fourth-order valence-electron chi connectivity index (χ4n) is 9.12. The number of aliphatic carboxylic acids is 1. The number of nitriles is 1. The number of thiophene rings is 2. The van der Waals surface area contributed by atoms with Gasteiger partial charge in [-0.1, -0.05) is 117 Å². The molecule has 4 aromatic heterocycles. The third-order valence-corrected chi connectivity index (χ3v) is 15.9. The average molecular weight is 959 g/mol. The van der Waals surface area contributed by atoms with Gasteiger partial charge in [-0.05, 0) is 122 Å². The summed E-state index contributed by atoms with van der Waals surface area (Å²) < 4.78 is 13.5. The molecule has 1 N–H and O–H groups in total. The molecule has 7 rings (SSSR count). The van der Waals surface area contributed by atoms with Crippen LogP contribution in [0, 0.1) is 20.9 Å². The van der Waals surface area contributed by atoms with E-state index in [0.29, 0.717) is 0 Å². The Hall–Kier alpha value is -4.80. The highest BCUT2D eigenvalue weighted by molar-refractivity contribution is 7.71. The van der Waals surface area contributed by atoms with Gasteiger partial charge < -0.3 is 28.3 Å². The summed E-state index contributed by atoms with van der Waals surface area (Å²) in [6.45, 7) is 12.7. The number of hydrogen-bond acceptors (Lipinski definition) is 7. The van der Waals surface area contributed by atoms with Gasteiger partial charge in [-0.25, -0.2) is 4.79 Å². The van der Waals surface area contributed by atoms with Gasteiger partial charge in [0.15, 0.2) is 9.54 Å². The fourth-order valence-corrected chi connectivity index (χ4v) is 12.2. The largest absolute Gasteiger partial charge is 0.477 e. The van der Waals surface area contributed by atoms with Gasteiger partial charge in [0.05, 0.1) is 22.1 Å². The number of nitrogens with zero attached hydrogens (tertiary/aromatic N) is 6. The van der Waals surface area contributed by atoms with E-state index in [1.807, 2.05) is 6.07 Å². The van der Waals surface area contributed by atoms with Gasteiger partial charge in [0.2, 0.25) is 0 Å². The lowest BCUT2D eigenvalue weighted by Gasteiger charge is -2.26. The Labute approximate surface area is 409 Å². The number of benzene rings is 3. The van der Waals surface area contributed by atoms with Gasteiger partial charge in [-0.3, -0.25) is 0 Å². The quantitative estimate of drug-likeness (QED) is 0.0252. The lowest BCUT2D eigenvalue weighted by molar-refractivity contribution is -0.132. The van der Waals surface area contributed by atoms with E-state index in [1.165, 1.54) is 117 Å². The number of hydrogen-bond donors (Lipinski definition) is 1. The monoisotopic (exact) mass is 958 g/mol. The highest BCUT2D eigenvalue weighted by Gasteiger charge is 2.20. The second kappa shape index (κ2) is 23.8. The smallest absolute Gasteiger partial charge is 0.346 e. The van der Waals surface area contributed by atoms with Crippen LogP contribution in [-0.2, 0) is 31.0 Å². The van der Waals surface area contributed by atoms with E-state index >= 15 is 0 Å². The van der Waals surface area contributed by atoms with Crippen LogP contribution in [0.3, 0.4) is 0 Å². The van der Waals surface area contributed by atoms with E-state index in [2.05, 4.69) is 118 Å². The van der Waals surface area contributed by atoms with Crippen molar-refractivity contribution in [3.63, 3.8) is 0 Å². The van der Waals surface area contributed by atoms with E-state index in [4.69, 9.17) is 24.4 Å². The van der Waals surface area contributed by atoms with Crippen molar-refractivity contribution < 1.29 is 9.90 Å². The molecule has 0 radical (unpaired) electrons. The van der Waals surface area contributed by atoms with Crippen LogP contribution in [-0.4, -0.2) is 29.3 Å². The zero-order valence-electron chi connectivity index (χ0n) is 39.3. The minimum Gasteiger partial charge on any atom is -0.477 e. The molecule has 3 aromatic carbocycles. The predicted octanol–water partition coefficient (Wildman–Crippen LogP) is 17.4. The van der Waals surface area contributed by atoms with Gasteiger partial charge in [-0.15, -0.1) is 22.7 Å². The summed E-state index contributed by atoms with van der Waals surface area (Å²) in [6, 6.07) is 28.7. The Balaban J connectivity index is 1.34. The Bertz CT molecular complexity index is 2780. The maximum atomic E-state index is 11.5. The molecular weight excluding hydrogens is 893 g/mol. The van der Waals surface area contributed by atoms with Gasteiger partial charge in [-0.2, -0.15) is 5.26 Å². The number of carbonyl (C=O) groups is 1. The number of aromatic nitrogens is 4. The van der Waals surface area contributed by atoms with E-state index < -0.39 is 5.97 Å². The van der Waals surface area contributed by atoms with Crippen molar-refractivity contribution >= 4 is 108 Å². The van der Waals surface area contributed by atoms with Gasteiger partial charge >= 0.3 is 5.97 Å². The molecule has 0 aliphatic heterocycles. The first-order valence-corrected chi connectivity index (χ1v) is 26.9. The van der Waals surface area contributed by atoms with Crippen molar-refractivity contribution in [3.05, 3.63) is 92.8 Å². The highest BCUT2D eigenvalue weighted by atomic mass is 32.1. The summed E-state index contributed by atoms with van der Waals surface area (Å²) >= 11 is 15.8. The summed E-state index contributed by atoms with van der Waals surface area (Å²) in [4.78, 5) is 15.8. The molecule has 0 aliphatic rings. The molecule has 0 spiro atoms. The number of anilines is 3. The van der Waals surface area contributed by atoms with Crippen LogP contribution in [0.1, 0.15) is 135 Å². The van der Waals surface area contributed by atoms with Crippen molar-refractivity contribution in [2.75, 3.05) is 4.90 Å². The maximum absolute atomic E-state index is 11.5. The number of unbranched alkanes of at least 4 members (excludes halogenated alkanes) is 12. The van der Waals surface area contributed by atoms with Crippen LogP contribution in [0.5, 0.6) is 0 Å². The minimum absolute atomic E-state index is 0.264. The highest BCUT2D eigenvalue weighted by Crippen LogP contribution is 2.42. The van der Waals surface area contributed by atoms with Crippen molar-refractivity contribution in [2.24, 2.45) is 0 Å². The van der Waals surface area contributed by atoms with E-state index in [9.17, 15) is 15.2 Å². The summed E-state index contributed by atoms with van der Waals surface area (Å²) in [7, 11) is 0. The lowest BCUT2D eigenvalue weighted by Crippen LogP contribution is -2.10. The molecule has 0 saturated heterocycles. The molecule has 0 atom stereocenters. The molecule has 0 amide bonds. The normalized spacial score (nSPS) is 12.0. The van der Waals surface area contributed by atoms with Crippen LogP contribution in [0.2, 0.25) is 0 Å². The molecule has 0 aliphatic carbocycles. The van der Waals surface area contributed by atoms with Crippen LogP contribution in [0.4, 0.5) is 17.1 Å².